The highest BCUT2D eigenvalue weighted by Crippen LogP contribution is 2.30. The number of hydrogen-bond acceptors (Lipinski definition) is 4. The molecule has 0 saturated carbocycles. The zero-order chi connectivity index (χ0) is 20.5. The maximum absolute atomic E-state index is 13.1. The zero-order valence-electron chi connectivity index (χ0n) is 16.5. The molecule has 2 aliphatic heterocycles. The number of amides is 2. The maximum atomic E-state index is 13.1. The van der Waals surface area contributed by atoms with E-state index in [0.717, 1.165) is 54.3 Å². The summed E-state index contributed by atoms with van der Waals surface area (Å²) >= 11 is 6.15. The summed E-state index contributed by atoms with van der Waals surface area (Å²) in [5, 5.41) is 3.69. The molecule has 4 heterocycles. The van der Waals surface area contributed by atoms with Gasteiger partial charge in [0.25, 0.3) is 0 Å². The number of benzene rings is 1. The van der Waals surface area contributed by atoms with E-state index in [1.165, 1.54) is 6.42 Å². The third-order valence-electron chi connectivity index (χ3n) is 5.58. The van der Waals surface area contributed by atoms with Crippen LogP contribution in [0.2, 0.25) is 5.02 Å². The molecule has 1 N–H and O–H groups in total. The van der Waals surface area contributed by atoms with Crippen LogP contribution in [0.1, 0.15) is 18.4 Å². The molecule has 0 spiro atoms. The molecule has 2 aliphatic rings. The van der Waals surface area contributed by atoms with E-state index >= 15 is 0 Å². The molecule has 0 atom stereocenters. The van der Waals surface area contributed by atoms with Crippen molar-refractivity contribution in [2.24, 2.45) is 0 Å². The first kappa shape index (κ1) is 18.9. The summed E-state index contributed by atoms with van der Waals surface area (Å²) in [6, 6.07) is 15.2. The molecule has 1 aromatic carbocycles. The molecular formula is C23H22ClN5O. The Morgan fingerprint density at radius 2 is 1.93 bits per heavy atom. The molecule has 30 heavy (non-hydrogen) atoms. The Morgan fingerprint density at radius 3 is 2.73 bits per heavy atom. The Balaban J connectivity index is 1.41. The summed E-state index contributed by atoms with van der Waals surface area (Å²) in [4.78, 5) is 26.3. The van der Waals surface area contributed by atoms with Gasteiger partial charge in [-0.25, -0.2) is 14.8 Å². The van der Waals surface area contributed by atoms with Crippen LogP contribution < -0.4 is 15.1 Å². The first-order valence-corrected chi connectivity index (χ1v) is 10.6. The third-order valence-corrected chi connectivity index (χ3v) is 5.82. The number of carbonyl (C=O) groups excluding carboxylic acids is 1. The molecule has 1 saturated heterocycles. The molecule has 0 bridgehead atoms. The molecule has 2 amide bonds. The normalized spacial score (nSPS) is 15.4. The lowest BCUT2D eigenvalue weighted by Crippen LogP contribution is -2.40. The number of nitrogens with zero attached hydrogens (tertiary/aromatic N) is 4. The van der Waals surface area contributed by atoms with Crippen molar-refractivity contribution in [3.8, 4) is 11.3 Å². The van der Waals surface area contributed by atoms with Crippen molar-refractivity contribution in [1.29, 1.82) is 0 Å². The van der Waals surface area contributed by atoms with Gasteiger partial charge in [0.15, 0.2) is 0 Å². The van der Waals surface area contributed by atoms with E-state index in [9.17, 15) is 4.79 Å². The molecule has 0 unspecified atom stereocenters. The molecule has 2 aromatic heterocycles. The van der Waals surface area contributed by atoms with Crippen molar-refractivity contribution >= 4 is 35.0 Å². The number of anilines is 3. The molecule has 0 aliphatic carbocycles. The molecule has 1 fully saturated rings. The first-order chi connectivity index (χ1) is 14.7. The number of aryl methyl sites for hydroxylation is 1. The quantitative estimate of drug-likeness (QED) is 0.649. The van der Waals surface area contributed by atoms with Crippen LogP contribution in [0.15, 0.2) is 54.7 Å². The number of carbonyl (C=O) groups is 1. The van der Waals surface area contributed by atoms with E-state index in [2.05, 4.69) is 21.3 Å². The van der Waals surface area contributed by atoms with Crippen LogP contribution in [-0.2, 0) is 6.42 Å². The Hall–Kier alpha value is -3.12. The summed E-state index contributed by atoms with van der Waals surface area (Å²) < 4.78 is 0. The second-order valence-corrected chi connectivity index (χ2v) is 8.05. The molecule has 3 aromatic rings. The second-order valence-electron chi connectivity index (χ2n) is 7.62. The zero-order valence-corrected chi connectivity index (χ0v) is 17.3. The Labute approximate surface area is 180 Å². The maximum Gasteiger partial charge on any atom is 0.327 e. The number of pyridine rings is 2. The first-order valence-electron chi connectivity index (χ1n) is 10.2. The van der Waals surface area contributed by atoms with Crippen LogP contribution in [0.25, 0.3) is 11.3 Å². The van der Waals surface area contributed by atoms with Crippen LogP contribution in [0.4, 0.5) is 22.1 Å². The van der Waals surface area contributed by atoms with E-state index in [1.807, 2.05) is 42.5 Å². The van der Waals surface area contributed by atoms with Crippen LogP contribution >= 0.6 is 11.6 Å². The summed E-state index contributed by atoms with van der Waals surface area (Å²) in [6.45, 7) is 2.66. The van der Waals surface area contributed by atoms with Crippen molar-refractivity contribution in [3.05, 3.63) is 65.3 Å². The van der Waals surface area contributed by atoms with Crippen LogP contribution in [0, 0.1) is 0 Å². The lowest BCUT2D eigenvalue weighted by molar-refractivity contribution is 0.256. The number of aromatic nitrogens is 2. The van der Waals surface area contributed by atoms with Gasteiger partial charge in [-0.15, -0.1) is 0 Å². The number of nitrogens with one attached hydrogen (secondary N) is 1. The number of fused-ring (bicyclic) bond motifs is 1. The van der Waals surface area contributed by atoms with Gasteiger partial charge in [-0.2, -0.15) is 0 Å². The van der Waals surface area contributed by atoms with Gasteiger partial charge in [0, 0.05) is 48.2 Å². The number of halogens is 1. The lowest BCUT2D eigenvalue weighted by Gasteiger charge is -2.32. The fourth-order valence-electron chi connectivity index (χ4n) is 3.85. The van der Waals surface area contributed by atoms with Crippen LogP contribution in [0.3, 0.4) is 0 Å². The van der Waals surface area contributed by atoms with Crippen LogP contribution in [0.5, 0.6) is 0 Å². The molecule has 152 valence electrons. The average molecular weight is 420 g/mol. The fraction of sp³-hybridized carbons (Fsp3) is 0.261. The SMILES string of the molecule is O=C(Nc1ccnc(N2CCC2)c1)N1CCCc2ccc(-c3cccc(Cl)c3)nc21. The highest BCUT2D eigenvalue weighted by Gasteiger charge is 2.25. The van der Waals surface area contributed by atoms with Crippen molar-refractivity contribution in [2.75, 3.05) is 34.8 Å². The van der Waals surface area contributed by atoms with Crippen molar-refractivity contribution in [1.82, 2.24) is 9.97 Å². The van der Waals surface area contributed by atoms with E-state index in [4.69, 9.17) is 16.6 Å². The largest absolute Gasteiger partial charge is 0.356 e. The molecule has 7 heteroatoms. The van der Waals surface area contributed by atoms with Crippen molar-refractivity contribution in [3.63, 3.8) is 0 Å². The van der Waals surface area contributed by atoms with Gasteiger partial charge in [-0.3, -0.25) is 4.90 Å². The summed E-state index contributed by atoms with van der Waals surface area (Å²) in [7, 11) is 0. The summed E-state index contributed by atoms with van der Waals surface area (Å²) in [5.74, 6) is 1.62. The molecule has 0 radical (unpaired) electrons. The van der Waals surface area contributed by atoms with Gasteiger partial charge in [0.2, 0.25) is 0 Å². The van der Waals surface area contributed by atoms with Gasteiger partial charge in [-0.1, -0.05) is 29.8 Å². The lowest BCUT2D eigenvalue weighted by atomic mass is 10.0. The molecule has 5 rings (SSSR count). The van der Waals surface area contributed by atoms with Gasteiger partial charge < -0.3 is 10.2 Å². The van der Waals surface area contributed by atoms with Gasteiger partial charge in [0.05, 0.1) is 5.69 Å². The van der Waals surface area contributed by atoms with Crippen LogP contribution in [-0.4, -0.2) is 35.6 Å². The highest BCUT2D eigenvalue weighted by atomic mass is 35.5. The summed E-state index contributed by atoms with van der Waals surface area (Å²) in [5.41, 5.74) is 3.57. The highest BCUT2D eigenvalue weighted by molar-refractivity contribution is 6.30. The predicted molar refractivity (Wildman–Crippen MR) is 120 cm³/mol. The Bertz CT molecular complexity index is 1100. The summed E-state index contributed by atoms with van der Waals surface area (Å²) in [6.07, 6.45) is 4.75. The van der Waals surface area contributed by atoms with E-state index in [1.54, 1.807) is 11.1 Å². The van der Waals surface area contributed by atoms with E-state index in [0.29, 0.717) is 17.4 Å². The van der Waals surface area contributed by atoms with Crippen molar-refractivity contribution in [2.45, 2.75) is 19.3 Å². The monoisotopic (exact) mass is 419 g/mol. The van der Waals surface area contributed by atoms with Gasteiger partial charge in [-0.05, 0) is 49.1 Å². The third kappa shape index (κ3) is 3.71. The predicted octanol–water partition coefficient (Wildman–Crippen LogP) is 4.99. The standard InChI is InChI=1S/C23H22ClN5O/c24-18-6-1-4-17(14-18)20-8-7-16-5-2-13-29(22(16)27-20)23(30)26-19-9-10-25-21(15-19)28-11-3-12-28/h1,4,6-10,14-15H,2-3,5,11-13H2,(H,25,26,30). The minimum absolute atomic E-state index is 0.174. The number of urea groups is 1. The minimum Gasteiger partial charge on any atom is -0.356 e. The second kappa shape index (κ2) is 7.95. The Kier molecular flexibility index (Phi) is 5.01. The van der Waals surface area contributed by atoms with E-state index < -0.39 is 0 Å². The van der Waals surface area contributed by atoms with E-state index in [-0.39, 0.29) is 6.03 Å². The van der Waals surface area contributed by atoms with Gasteiger partial charge >= 0.3 is 6.03 Å². The molecular weight excluding hydrogens is 398 g/mol. The average Bonchev–Trinajstić information content (AvgIpc) is 2.72. The number of hydrogen-bond donors (Lipinski definition) is 1. The van der Waals surface area contributed by atoms with Gasteiger partial charge in [0.1, 0.15) is 11.6 Å². The minimum atomic E-state index is -0.174. The number of rotatable bonds is 3. The smallest absolute Gasteiger partial charge is 0.327 e. The van der Waals surface area contributed by atoms with Crippen molar-refractivity contribution < 1.29 is 4.79 Å². The fourth-order valence-corrected chi connectivity index (χ4v) is 4.04. The molecule has 6 nitrogen and oxygen atoms in total. The Morgan fingerprint density at radius 1 is 1.03 bits per heavy atom. The topological polar surface area (TPSA) is 61.4 Å².